The maximum absolute atomic E-state index is 13.4. The summed E-state index contributed by atoms with van der Waals surface area (Å²) >= 11 is 6.96. The van der Waals surface area contributed by atoms with Crippen LogP contribution in [0.15, 0.2) is 83.8 Å². The highest BCUT2D eigenvalue weighted by Gasteiger charge is 2.35. The number of carbonyl (C=O) groups excluding carboxylic acids is 2. The first-order chi connectivity index (χ1) is 19.3. The fourth-order valence-electron chi connectivity index (χ4n) is 4.61. The largest absolute Gasteiger partial charge is 0.491 e. The van der Waals surface area contributed by atoms with Gasteiger partial charge in [-0.1, -0.05) is 80.0 Å². The molecular formula is C33H30ClNO4S. The number of carbonyl (C=O) groups is 2. The number of amides is 2. The van der Waals surface area contributed by atoms with E-state index >= 15 is 0 Å². The van der Waals surface area contributed by atoms with E-state index in [-0.39, 0.29) is 24.3 Å². The third-order valence-corrected chi connectivity index (χ3v) is 7.91. The molecule has 7 heteroatoms. The van der Waals surface area contributed by atoms with Crippen LogP contribution in [-0.4, -0.2) is 29.2 Å². The van der Waals surface area contributed by atoms with Gasteiger partial charge in [0.25, 0.3) is 11.1 Å². The third kappa shape index (κ3) is 6.19. The minimum Gasteiger partial charge on any atom is -0.491 e. The fourth-order valence-corrected chi connectivity index (χ4v) is 5.58. The lowest BCUT2D eigenvalue weighted by Gasteiger charge is -2.17. The molecule has 0 aliphatic carbocycles. The molecule has 1 aliphatic heterocycles. The zero-order chi connectivity index (χ0) is 28.2. The number of benzene rings is 4. The molecule has 0 unspecified atom stereocenters. The van der Waals surface area contributed by atoms with Gasteiger partial charge < -0.3 is 9.47 Å². The van der Waals surface area contributed by atoms with Crippen molar-refractivity contribution in [3.8, 4) is 11.5 Å². The first-order valence-corrected chi connectivity index (χ1v) is 14.4. The Morgan fingerprint density at radius 2 is 1.70 bits per heavy atom. The number of thioether (sulfide) groups is 1. The van der Waals surface area contributed by atoms with E-state index < -0.39 is 0 Å². The zero-order valence-corrected chi connectivity index (χ0v) is 24.2. The summed E-state index contributed by atoms with van der Waals surface area (Å²) in [5.74, 6) is 1.39. The number of rotatable bonds is 9. The molecule has 4 aromatic rings. The molecule has 1 aliphatic rings. The Balaban J connectivity index is 1.36. The van der Waals surface area contributed by atoms with E-state index in [0.29, 0.717) is 28.2 Å². The summed E-state index contributed by atoms with van der Waals surface area (Å²) in [6.07, 6.45) is 1.77. The Morgan fingerprint density at radius 1 is 0.925 bits per heavy atom. The molecule has 0 bridgehead atoms. The molecule has 0 atom stereocenters. The number of hydrogen-bond acceptors (Lipinski definition) is 5. The smallest absolute Gasteiger partial charge is 0.293 e. The molecule has 1 heterocycles. The molecule has 0 N–H and O–H groups in total. The van der Waals surface area contributed by atoms with Crippen LogP contribution >= 0.6 is 23.4 Å². The van der Waals surface area contributed by atoms with Crippen LogP contribution in [0.2, 0.25) is 5.02 Å². The van der Waals surface area contributed by atoms with E-state index in [1.165, 1.54) is 4.90 Å². The van der Waals surface area contributed by atoms with Gasteiger partial charge in [0.1, 0.15) is 24.7 Å². The molecule has 1 saturated heterocycles. The third-order valence-electron chi connectivity index (χ3n) is 6.75. The minimum absolute atomic E-state index is 0.170. The quantitative estimate of drug-likeness (QED) is 0.188. The molecule has 40 heavy (non-hydrogen) atoms. The average Bonchev–Trinajstić information content (AvgIpc) is 3.20. The van der Waals surface area contributed by atoms with Gasteiger partial charge in [-0.25, -0.2) is 0 Å². The van der Waals surface area contributed by atoms with E-state index in [1.54, 1.807) is 6.08 Å². The molecule has 204 valence electrons. The number of hydrogen-bond donors (Lipinski definition) is 0. The van der Waals surface area contributed by atoms with Crippen LogP contribution in [0.4, 0.5) is 4.79 Å². The number of aryl methyl sites for hydroxylation is 1. The normalized spacial score (nSPS) is 14.5. The topological polar surface area (TPSA) is 55.8 Å². The summed E-state index contributed by atoms with van der Waals surface area (Å²) in [5.41, 5.74) is 3.92. The first-order valence-electron chi connectivity index (χ1n) is 13.2. The average molecular weight is 572 g/mol. The molecule has 0 saturated carbocycles. The zero-order valence-electron chi connectivity index (χ0n) is 22.6. The second-order valence-corrected chi connectivity index (χ2v) is 11.4. The van der Waals surface area contributed by atoms with E-state index in [2.05, 4.69) is 26.0 Å². The molecule has 1 fully saturated rings. The van der Waals surface area contributed by atoms with E-state index in [9.17, 15) is 9.59 Å². The fraction of sp³-hybridized carbons (Fsp3) is 0.212. The van der Waals surface area contributed by atoms with Crippen molar-refractivity contribution >= 4 is 51.4 Å². The summed E-state index contributed by atoms with van der Waals surface area (Å²) in [4.78, 5) is 27.8. The monoisotopic (exact) mass is 571 g/mol. The lowest BCUT2D eigenvalue weighted by atomic mass is 10.0. The Kier molecular flexibility index (Phi) is 8.48. The SMILES string of the molecule is Cc1ccc(C(C)C)c(OCCN2C(=O)S/C(=C\c3c(OCc4ccc(Cl)cc4)ccc4ccccc34)C2=O)c1. The van der Waals surface area contributed by atoms with Crippen molar-refractivity contribution in [3.05, 3.63) is 111 Å². The van der Waals surface area contributed by atoms with Crippen molar-refractivity contribution in [2.45, 2.75) is 33.3 Å². The molecule has 5 nitrogen and oxygen atoms in total. The summed E-state index contributed by atoms with van der Waals surface area (Å²) in [5, 5.41) is 2.30. The van der Waals surface area contributed by atoms with Crippen molar-refractivity contribution in [2.75, 3.05) is 13.2 Å². The number of halogens is 1. The Hall–Kier alpha value is -3.74. The van der Waals surface area contributed by atoms with Crippen molar-refractivity contribution in [1.29, 1.82) is 0 Å². The maximum atomic E-state index is 13.4. The lowest BCUT2D eigenvalue weighted by Crippen LogP contribution is -2.32. The predicted octanol–water partition coefficient (Wildman–Crippen LogP) is 8.62. The number of fused-ring (bicyclic) bond motifs is 1. The van der Waals surface area contributed by atoms with Gasteiger partial charge in [-0.05, 0) is 82.4 Å². The Labute approximate surface area is 243 Å². The molecule has 2 amide bonds. The second-order valence-electron chi connectivity index (χ2n) is 9.99. The molecule has 0 radical (unpaired) electrons. The van der Waals surface area contributed by atoms with Gasteiger partial charge in [0.05, 0.1) is 11.4 Å². The lowest BCUT2D eigenvalue weighted by molar-refractivity contribution is -0.123. The molecular weight excluding hydrogens is 542 g/mol. The minimum atomic E-state index is -0.330. The van der Waals surface area contributed by atoms with E-state index in [0.717, 1.165) is 50.5 Å². The van der Waals surface area contributed by atoms with Crippen LogP contribution in [0.25, 0.3) is 16.8 Å². The highest BCUT2D eigenvalue weighted by Crippen LogP contribution is 2.37. The molecule has 0 aromatic heterocycles. The first kappa shape index (κ1) is 27.8. The standard InChI is InChI=1S/C33H30ClNO4S/c1-21(2)26-14-8-22(3)18-30(26)38-17-16-35-32(36)31(40-33(35)37)19-28-27-7-5-4-6-24(27)11-15-29(28)39-20-23-9-12-25(34)13-10-23/h4-15,18-19,21H,16-17,20H2,1-3H3/b31-19-. The Morgan fingerprint density at radius 3 is 2.48 bits per heavy atom. The second kappa shape index (κ2) is 12.2. The molecule has 4 aromatic carbocycles. The Bertz CT molecular complexity index is 1600. The summed E-state index contributed by atoms with van der Waals surface area (Å²) < 4.78 is 12.2. The van der Waals surface area contributed by atoms with Crippen LogP contribution < -0.4 is 9.47 Å². The number of nitrogens with zero attached hydrogens (tertiary/aromatic N) is 1. The summed E-state index contributed by atoms with van der Waals surface area (Å²) in [6.45, 7) is 6.96. The maximum Gasteiger partial charge on any atom is 0.293 e. The molecule has 5 rings (SSSR count). The molecule has 0 spiro atoms. The van der Waals surface area contributed by atoms with Gasteiger partial charge >= 0.3 is 0 Å². The van der Waals surface area contributed by atoms with E-state index in [1.807, 2.05) is 73.7 Å². The number of imide groups is 1. The van der Waals surface area contributed by atoms with Crippen LogP contribution in [-0.2, 0) is 11.4 Å². The predicted molar refractivity (Wildman–Crippen MR) is 163 cm³/mol. The summed E-state index contributed by atoms with van der Waals surface area (Å²) in [7, 11) is 0. The van der Waals surface area contributed by atoms with Crippen LogP contribution in [0.5, 0.6) is 11.5 Å². The van der Waals surface area contributed by atoms with Gasteiger partial charge in [0.15, 0.2) is 0 Å². The van der Waals surface area contributed by atoms with Gasteiger partial charge in [-0.15, -0.1) is 0 Å². The van der Waals surface area contributed by atoms with Gasteiger partial charge in [-0.2, -0.15) is 0 Å². The highest BCUT2D eigenvalue weighted by molar-refractivity contribution is 8.18. The van der Waals surface area contributed by atoms with Crippen molar-refractivity contribution in [1.82, 2.24) is 4.90 Å². The van der Waals surface area contributed by atoms with E-state index in [4.69, 9.17) is 21.1 Å². The van der Waals surface area contributed by atoms with Gasteiger partial charge in [0, 0.05) is 10.6 Å². The van der Waals surface area contributed by atoms with Gasteiger partial charge in [-0.3, -0.25) is 14.5 Å². The highest BCUT2D eigenvalue weighted by atomic mass is 35.5. The van der Waals surface area contributed by atoms with Crippen LogP contribution in [0, 0.1) is 6.92 Å². The van der Waals surface area contributed by atoms with Crippen molar-refractivity contribution < 1.29 is 19.1 Å². The van der Waals surface area contributed by atoms with Crippen LogP contribution in [0.1, 0.15) is 42.0 Å². The van der Waals surface area contributed by atoms with Crippen LogP contribution in [0.3, 0.4) is 0 Å². The van der Waals surface area contributed by atoms with Gasteiger partial charge in [0.2, 0.25) is 0 Å². The van der Waals surface area contributed by atoms with Crippen molar-refractivity contribution in [3.63, 3.8) is 0 Å². The number of ether oxygens (including phenoxy) is 2. The summed E-state index contributed by atoms with van der Waals surface area (Å²) in [6, 6.07) is 25.4. The van der Waals surface area contributed by atoms with Crippen molar-refractivity contribution in [2.24, 2.45) is 0 Å².